The molecule has 0 spiro atoms. The van der Waals surface area contributed by atoms with Gasteiger partial charge in [0.25, 0.3) is 0 Å². The lowest BCUT2D eigenvalue weighted by atomic mass is 10.0. The first-order valence-electron chi connectivity index (χ1n) is 4.92. The molecule has 0 aliphatic rings. The monoisotopic (exact) mass is 245 g/mol. The standard InChI is InChI=1S/C13H8ClNO2/c14-12-6-5-11(7-15-12)13(17)10-3-1-9(8-16)2-4-10/h1-8H. The highest BCUT2D eigenvalue weighted by Gasteiger charge is 2.08. The summed E-state index contributed by atoms with van der Waals surface area (Å²) in [5.74, 6) is -0.147. The summed E-state index contributed by atoms with van der Waals surface area (Å²) in [6.07, 6.45) is 2.16. The van der Waals surface area contributed by atoms with E-state index in [2.05, 4.69) is 4.98 Å². The van der Waals surface area contributed by atoms with Crippen LogP contribution in [-0.2, 0) is 0 Å². The Labute approximate surface area is 103 Å². The summed E-state index contributed by atoms with van der Waals surface area (Å²) in [6.45, 7) is 0. The van der Waals surface area contributed by atoms with E-state index >= 15 is 0 Å². The van der Waals surface area contributed by atoms with Gasteiger partial charge in [0.15, 0.2) is 5.78 Å². The first-order valence-corrected chi connectivity index (χ1v) is 5.30. The number of hydrogen-bond acceptors (Lipinski definition) is 3. The second-order valence-electron chi connectivity index (χ2n) is 3.44. The third-order valence-corrected chi connectivity index (χ3v) is 2.52. The van der Waals surface area contributed by atoms with Crippen LogP contribution in [0.4, 0.5) is 0 Å². The van der Waals surface area contributed by atoms with E-state index in [0.29, 0.717) is 21.8 Å². The minimum Gasteiger partial charge on any atom is -0.298 e. The highest BCUT2D eigenvalue weighted by atomic mass is 35.5. The van der Waals surface area contributed by atoms with Crippen LogP contribution in [0.1, 0.15) is 26.3 Å². The SMILES string of the molecule is O=Cc1ccc(C(=O)c2ccc(Cl)nc2)cc1. The van der Waals surface area contributed by atoms with E-state index in [1.165, 1.54) is 6.20 Å². The molecule has 2 rings (SSSR count). The Kier molecular flexibility index (Phi) is 3.30. The van der Waals surface area contributed by atoms with Crippen molar-refractivity contribution in [1.82, 2.24) is 4.98 Å². The number of carbonyl (C=O) groups is 2. The van der Waals surface area contributed by atoms with Crippen molar-refractivity contribution < 1.29 is 9.59 Å². The lowest BCUT2D eigenvalue weighted by Gasteiger charge is -2.01. The number of ketones is 1. The van der Waals surface area contributed by atoms with Crippen LogP contribution < -0.4 is 0 Å². The van der Waals surface area contributed by atoms with E-state index < -0.39 is 0 Å². The third-order valence-electron chi connectivity index (χ3n) is 2.30. The lowest BCUT2D eigenvalue weighted by molar-refractivity contribution is 0.103. The third kappa shape index (κ3) is 2.57. The maximum Gasteiger partial charge on any atom is 0.194 e. The molecular formula is C13H8ClNO2. The number of aromatic nitrogens is 1. The van der Waals surface area contributed by atoms with E-state index in [0.717, 1.165) is 6.29 Å². The molecule has 2 aromatic rings. The predicted molar refractivity (Wildman–Crippen MR) is 64.5 cm³/mol. The Hall–Kier alpha value is -2.00. The number of pyridine rings is 1. The fraction of sp³-hybridized carbons (Fsp3) is 0. The first-order chi connectivity index (χ1) is 8.20. The van der Waals surface area contributed by atoms with E-state index in [-0.39, 0.29) is 5.78 Å². The molecule has 1 aromatic heterocycles. The zero-order chi connectivity index (χ0) is 12.3. The number of aldehydes is 1. The van der Waals surface area contributed by atoms with Crippen LogP contribution >= 0.6 is 11.6 Å². The van der Waals surface area contributed by atoms with Crippen LogP contribution in [0, 0.1) is 0 Å². The molecule has 0 radical (unpaired) electrons. The number of halogens is 1. The Balaban J connectivity index is 2.30. The summed E-state index contributed by atoms with van der Waals surface area (Å²) >= 11 is 5.64. The Morgan fingerprint density at radius 1 is 1.06 bits per heavy atom. The molecule has 84 valence electrons. The number of carbonyl (C=O) groups excluding carboxylic acids is 2. The number of rotatable bonds is 3. The van der Waals surface area contributed by atoms with Gasteiger partial charge in [-0.25, -0.2) is 4.98 Å². The molecule has 1 heterocycles. The van der Waals surface area contributed by atoms with Crippen LogP contribution in [0.5, 0.6) is 0 Å². The molecule has 0 N–H and O–H groups in total. The van der Waals surface area contributed by atoms with E-state index in [1.54, 1.807) is 36.4 Å². The van der Waals surface area contributed by atoms with E-state index in [9.17, 15) is 9.59 Å². The van der Waals surface area contributed by atoms with Crippen LogP contribution in [0.3, 0.4) is 0 Å². The molecule has 3 nitrogen and oxygen atoms in total. The van der Waals surface area contributed by atoms with Gasteiger partial charge >= 0.3 is 0 Å². The molecule has 1 aromatic carbocycles. The normalized spacial score (nSPS) is 9.94. The average Bonchev–Trinajstić information content (AvgIpc) is 2.39. The van der Waals surface area contributed by atoms with Gasteiger partial charge in [-0.3, -0.25) is 9.59 Å². The van der Waals surface area contributed by atoms with Crippen molar-refractivity contribution in [2.24, 2.45) is 0 Å². The smallest absolute Gasteiger partial charge is 0.194 e. The van der Waals surface area contributed by atoms with Crippen molar-refractivity contribution in [3.8, 4) is 0 Å². The van der Waals surface area contributed by atoms with Crippen molar-refractivity contribution in [2.75, 3.05) is 0 Å². The molecule has 17 heavy (non-hydrogen) atoms. The predicted octanol–water partition coefficient (Wildman–Crippen LogP) is 2.78. The molecule has 4 heteroatoms. The van der Waals surface area contributed by atoms with Gasteiger partial charge in [0.05, 0.1) is 0 Å². The number of nitrogens with zero attached hydrogens (tertiary/aromatic N) is 1. The summed E-state index contributed by atoms with van der Waals surface area (Å²) in [6, 6.07) is 9.61. The van der Waals surface area contributed by atoms with E-state index in [4.69, 9.17) is 11.6 Å². The van der Waals surface area contributed by atoms with Crippen LogP contribution in [0.25, 0.3) is 0 Å². The highest BCUT2D eigenvalue weighted by molar-refractivity contribution is 6.29. The van der Waals surface area contributed by atoms with Crippen LogP contribution in [0.15, 0.2) is 42.6 Å². The minimum atomic E-state index is -0.147. The maximum absolute atomic E-state index is 12.0. The van der Waals surface area contributed by atoms with Gasteiger partial charge in [0, 0.05) is 22.9 Å². The van der Waals surface area contributed by atoms with Gasteiger partial charge in [-0.1, -0.05) is 35.9 Å². The fourth-order valence-corrected chi connectivity index (χ4v) is 1.50. The van der Waals surface area contributed by atoms with Crippen LogP contribution in [-0.4, -0.2) is 17.1 Å². The molecule has 0 aliphatic heterocycles. The zero-order valence-electron chi connectivity index (χ0n) is 8.76. The van der Waals surface area contributed by atoms with Gasteiger partial charge < -0.3 is 0 Å². The lowest BCUT2D eigenvalue weighted by Crippen LogP contribution is -2.01. The maximum atomic E-state index is 12.0. The zero-order valence-corrected chi connectivity index (χ0v) is 9.52. The highest BCUT2D eigenvalue weighted by Crippen LogP contribution is 2.12. The Morgan fingerprint density at radius 3 is 2.24 bits per heavy atom. The summed E-state index contributed by atoms with van der Waals surface area (Å²) in [7, 11) is 0. The van der Waals surface area contributed by atoms with Gasteiger partial charge in [0.2, 0.25) is 0 Å². The fourth-order valence-electron chi connectivity index (χ4n) is 1.39. The largest absolute Gasteiger partial charge is 0.298 e. The topological polar surface area (TPSA) is 47.0 Å². The first kappa shape index (κ1) is 11.5. The van der Waals surface area contributed by atoms with Crippen molar-refractivity contribution in [2.45, 2.75) is 0 Å². The van der Waals surface area contributed by atoms with E-state index in [1.807, 2.05) is 0 Å². The quantitative estimate of drug-likeness (QED) is 0.475. The van der Waals surface area contributed by atoms with Crippen molar-refractivity contribution >= 4 is 23.7 Å². The summed E-state index contributed by atoms with van der Waals surface area (Å²) < 4.78 is 0. The van der Waals surface area contributed by atoms with Crippen LogP contribution in [0.2, 0.25) is 5.15 Å². The molecule has 0 bridgehead atoms. The minimum absolute atomic E-state index is 0.147. The number of benzene rings is 1. The summed E-state index contributed by atoms with van der Waals surface area (Å²) in [4.78, 5) is 26.3. The molecule has 0 saturated heterocycles. The van der Waals surface area contributed by atoms with Gasteiger partial charge in [-0.15, -0.1) is 0 Å². The second kappa shape index (κ2) is 4.89. The molecule has 0 fully saturated rings. The van der Waals surface area contributed by atoms with Crippen molar-refractivity contribution in [3.63, 3.8) is 0 Å². The Morgan fingerprint density at radius 2 is 1.71 bits per heavy atom. The van der Waals surface area contributed by atoms with Crippen molar-refractivity contribution in [1.29, 1.82) is 0 Å². The van der Waals surface area contributed by atoms with Gasteiger partial charge in [0.1, 0.15) is 11.4 Å². The molecule has 0 atom stereocenters. The van der Waals surface area contributed by atoms with Crippen molar-refractivity contribution in [3.05, 3.63) is 64.4 Å². The molecule has 0 aliphatic carbocycles. The van der Waals surface area contributed by atoms with Gasteiger partial charge in [-0.05, 0) is 12.1 Å². The molecule has 0 saturated carbocycles. The summed E-state index contributed by atoms with van der Waals surface area (Å²) in [5.41, 5.74) is 1.52. The van der Waals surface area contributed by atoms with Gasteiger partial charge in [-0.2, -0.15) is 0 Å². The molecule has 0 unspecified atom stereocenters. The summed E-state index contributed by atoms with van der Waals surface area (Å²) in [5, 5.41) is 0.345. The Bertz CT molecular complexity index is 547. The average molecular weight is 246 g/mol. The molecular weight excluding hydrogens is 238 g/mol. The number of hydrogen-bond donors (Lipinski definition) is 0. The second-order valence-corrected chi connectivity index (χ2v) is 3.83. The molecule has 0 amide bonds.